The molecule has 1 fully saturated rings. The van der Waals surface area contributed by atoms with Crippen molar-refractivity contribution >= 4 is 5.78 Å². The van der Waals surface area contributed by atoms with Gasteiger partial charge in [-0.2, -0.15) is 0 Å². The van der Waals surface area contributed by atoms with E-state index in [0.717, 1.165) is 19.4 Å². The van der Waals surface area contributed by atoms with E-state index >= 15 is 0 Å². The average Bonchev–Trinajstić information content (AvgIpc) is 2.34. The van der Waals surface area contributed by atoms with E-state index in [0.29, 0.717) is 6.42 Å². The highest BCUT2D eigenvalue weighted by atomic mass is 16.7. The van der Waals surface area contributed by atoms with Crippen molar-refractivity contribution in [3.05, 3.63) is 0 Å². The third-order valence-corrected chi connectivity index (χ3v) is 2.01. The van der Waals surface area contributed by atoms with Crippen LogP contribution < -0.4 is 0 Å². The van der Waals surface area contributed by atoms with E-state index in [4.69, 9.17) is 9.47 Å². The van der Waals surface area contributed by atoms with Crippen LogP contribution in [0.15, 0.2) is 0 Å². The first-order chi connectivity index (χ1) is 5.99. The summed E-state index contributed by atoms with van der Waals surface area (Å²) in [6.45, 7) is 6.22. The summed E-state index contributed by atoms with van der Waals surface area (Å²) in [5.41, 5.74) is -0.388. The van der Waals surface area contributed by atoms with E-state index < -0.39 is 0 Å². The molecule has 1 aliphatic rings. The molecule has 3 nitrogen and oxygen atoms in total. The second kappa shape index (κ2) is 4.20. The fraction of sp³-hybridized carbons (Fsp3) is 0.900. The maximum atomic E-state index is 10.9. The molecule has 0 aliphatic carbocycles. The molecule has 0 saturated carbocycles. The molecule has 1 saturated heterocycles. The molecule has 0 amide bonds. The van der Waals surface area contributed by atoms with Crippen molar-refractivity contribution < 1.29 is 14.3 Å². The summed E-state index contributed by atoms with van der Waals surface area (Å²) < 4.78 is 11.0. The number of carbonyl (C=O) groups excluding carboxylic acids is 1. The summed E-state index contributed by atoms with van der Waals surface area (Å²) >= 11 is 0. The van der Waals surface area contributed by atoms with Crippen molar-refractivity contribution in [1.29, 1.82) is 0 Å². The minimum absolute atomic E-state index is 0.102. The summed E-state index contributed by atoms with van der Waals surface area (Å²) in [4.78, 5) is 10.9. The molecule has 0 radical (unpaired) electrons. The molecule has 0 N–H and O–H groups in total. The van der Waals surface area contributed by atoms with E-state index in [9.17, 15) is 4.79 Å². The van der Waals surface area contributed by atoms with Crippen molar-refractivity contribution in [3.63, 3.8) is 0 Å². The fourth-order valence-corrected chi connectivity index (χ4v) is 1.64. The van der Waals surface area contributed by atoms with E-state index in [1.807, 2.05) is 13.8 Å². The molecule has 0 bridgehead atoms. The topological polar surface area (TPSA) is 35.5 Å². The lowest BCUT2D eigenvalue weighted by Crippen LogP contribution is -2.32. The zero-order valence-electron chi connectivity index (χ0n) is 8.63. The van der Waals surface area contributed by atoms with Crippen LogP contribution in [0, 0.1) is 0 Å². The molecule has 0 aromatic carbocycles. The van der Waals surface area contributed by atoms with Crippen molar-refractivity contribution in [1.82, 2.24) is 0 Å². The predicted molar refractivity (Wildman–Crippen MR) is 49.4 cm³/mol. The largest absolute Gasteiger partial charge is 0.353 e. The lowest BCUT2D eigenvalue weighted by atomic mass is 10.0. The molecule has 1 atom stereocenters. The summed E-state index contributed by atoms with van der Waals surface area (Å²) in [6.07, 6.45) is 2.35. The highest BCUT2D eigenvalue weighted by Gasteiger charge is 2.27. The molecule has 1 rings (SSSR count). The molecule has 1 unspecified atom stereocenters. The van der Waals surface area contributed by atoms with Crippen LogP contribution in [0.2, 0.25) is 0 Å². The summed E-state index contributed by atoms with van der Waals surface area (Å²) in [5, 5.41) is 0. The third kappa shape index (κ3) is 3.87. The van der Waals surface area contributed by atoms with Gasteiger partial charge in [0.1, 0.15) is 5.78 Å². The maximum absolute atomic E-state index is 10.9. The number of ketones is 1. The van der Waals surface area contributed by atoms with Gasteiger partial charge in [0.2, 0.25) is 0 Å². The van der Waals surface area contributed by atoms with Gasteiger partial charge in [-0.1, -0.05) is 0 Å². The van der Waals surface area contributed by atoms with E-state index in [-0.39, 0.29) is 17.7 Å². The predicted octanol–water partition coefficient (Wildman–Crippen LogP) is 1.90. The Morgan fingerprint density at radius 2 is 2.31 bits per heavy atom. The van der Waals surface area contributed by atoms with E-state index in [1.165, 1.54) is 0 Å². The quantitative estimate of drug-likeness (QED) is 0.672. The van der Waals surface area contributed by atoms with Crippen LogP contribution in [0.1, 0.15) is 40.0 Å². The Bertz CT molecular complexity index is 181. The first-order valence-corrected chi connectivity index (χ1v) is 4.78. The SMILES string of the molecule is CC(=O)CC(C)(C)OC1CCCO1. The smallest absolute Gasteiger partial charge is 0.158 e. The van der Waals surface area contributed by atoms with Crippen LogP contribution in [0.3, 0.4) is 0 Å². The van der Waals surface area contributed by atoms with Gasteiger partial charge in [-0.05, 0) is 27.2 Å². The van der Waals surface area contributed by atoms with Gasteiger partial charge in [-0.25, -0.2) is 0 Å². The Kier molecular flexibility index (Phi) is 3.45. The minimum Gasteiger partial charge on any atom is -0.353 e. The van der Waals surface area contributed by atoms with E-state index in [1.54, 1.807) is 6.92 Å². The van der Waals surface area contributed by atoms with Crippen LogP contribution in [0.25, 0.3) is 0 Å². The summed E-state index contributed by atoms with van der Waals surface area (Å²) in [6, 6.07) is 0. The normalized spacial score (nSPS) is 23.5. The highest BCUT2D eigenvalue weighted by molar-refractivity contribution is 5.76. The van der Waals surface area contributed by atoms with Gasteiger partial charge < -0.3 is 9.47 Å². The van der Waals surface area contributed by atoms with Gasteiger partial charge in [-0.15, -0.1) is 0 Å². The van der Waals surface area contributed by atoms with Crippen LogP contribution in [0.5, 0.6) is 0 Å². The number of hydrogen-bond donors (Lipinski definition) is 0. The Hall–Kier alpha value is -0.410. The Morgan fingerprint density at radius 3 is 2.77 bits per heavy atom. The van der Waals surface area contributed by atoms with Gasteiger partial charge in [0.15, 0.2) is 6.29 Å². The molecule has 1 heterocycles. The van der Waals surface area contributed by atoms with Crippen LogP contribution in [-0.2, 0) is 14.3 Å². The Morgan fingerprint density at radius 1 is 1.62 bits per heavy atom. The van der Waals surface area contributed by atoms with Gasteiger partial charge in [0.05, 0.1) is 5.60 Å². The molecule has 3 heteroatoms. The van der Waals surface area contributed by atoms with Crippen LogP contribution in [-0.4, -0.2) is 24.3 Å². The monoisotopic (exact) mass is 186 g/mol. The number of Topliss-reactive ketones (excluding diaryl/α,β-unsaturated/α-hetero) is 1. The van der Waals surface area contributed by atoms with Crippen molar-refractivity contribution in [2.24, 2.45) is 0 Å². The highest BCUT2D eigenvalue weighted by Crippen LogP contribution is 2.23. The van der Waals surface area contributed by atoms with Gasteiger partial charge in [0.25, 0.3) is 0 Å². The molecule has 13 heavy (non-hydrogen) atoms. The number of hydrogen-bond acceptors (Lipinski definition) is 3. The molecular formula is C10H18O3. The second-order valence-electron chi connectivity index (χ2n) is 4.20. The van der Waals surface area contributed by atoms with Crippen LogP contribution in [0.4, 0.5) is 0 Å². The van der Waals surface area contributed by atoms with Gasteiger partial charge in [0, 0.05) is 19.4 Å². The van der Waals surface area contributed by atoms with Gasteiger partial charge >= 0.3 is 0 Å². The molecular weight excluding hydrogens is 168 g/mol. The number of carbonyl (C=O) groups is 1. The lowest BCUT2D eigenvalue weighted by molar-refractivity contribution is -0.181. The minimum atomic E-state index is -0.388. The molecule has 1 aliphatic heterocycles. The molecule has 0 aromatic heterocycles. The molecule has 76 valence electrons. The lowest BCUT2D eigenvalue weighted by Gasteiger charge is -2.27. The van der Waals surface area contributed by atoms with Crippen molar-refractivity contribution in [2.45, 2.75) is 51.9 Å². The zero-order chi connectivity index (χ0) is 9.90. The van der Waals surface area contributed by atoms with E-state index in [2.05, 4.69) is 0 Å². The Labute approximate surface area is 79.4 Å². The molecule has 0 spiro atoms. The fourth-order valence-electron chi connectivity index (χ4n) is 1.64. The van der Waals surface area contributed by atoms with Crippen LogP contribution >= 0.6 is 0 Å². The molecule has 0 aromatic rings. The summed E-state index contributed by atoms with van der Waals surface area (Å²) in [7, 11) is 0. The first kappa shape index (κ1) is 10.7. The van der Waals surface area contributed by atoms with Gasteiger partial charge in [-0.3, -0.25) is 4.79 Å². The summed E-state index contributed by atoms with van der Waals surface area (Å²) in [5.74, 6) is 0.156. The average molecular weight is 186 g/mol. The second-order valence-corrected chi connectivity index (χ2v) is 4.20. The number of ether oxygens (including phenoxy) is 2. The van der Waals surface area contributed by atoms with Crippen molar-refractivity contribution in [2.75, 3.05) is 6.61 Å². The Balaban J connectivity index is 2.35. The zero-order valence-corrected chi connectivity index (χ0v) is 8.63. The van der Waals surface area contributed by atoms with Crippen molar-refractivity contribution in [3.8, 4) is 0 Å². The first-order valence-electron chi connectivity index (χ1n) is 4.78. The third-order valence-electron chi connectivity index (χ3n) is 2.01. The standard InChI is InChI=1S/C10H18O3/c1-8(11)7-10(2,3)13-9-5-4-6-12-9/h9H,4-7H2,1-3H3. The maximum Gasteiger partial charge on any atom is 0.158 e. The number of rotatable bonds is 4.